The lowest BCUT2D eigenvalue weighted by atomic mass is 10.2. The zero-order valence-corrected chi connectivity index (χ0v) is 9.71. The molecule has 0 aliphatic carbocycles. The maximum atomic E-state index is 13.1. The molecule has 0 aliphatic rings. The van der Waals surface area contributed by atoms with Crippen molar-refractivity contribution in [2.24, 2.45) is 0 Å². The molecular formula is C10H11BrFNO2. The molecule has 1 rings (SSSR count). The number of aliphatic hydroxyl groups excluding tert-OH is 1. The molecule has 0 unspecified atom stereocenters. The first kappa shape index (κ1) is 12.1. The Balaban J connectivity index is 2.87. The van der Waals surface area contributed by atoms with E-state index < -0.39 is 11.7 Å². The topological polar surface area (TPSA) is 49.3 Å². The van der Waals surface area contributed by atoms with Gasteiger partial charge in [0, 0.05) is 6.04 Å². The average Bonchev–Trinajstić information content (AvgIpc) is 2.21. The predicted molar refractivity (Wildman–Crippen MR) is 58.1 cm³/mol. The van der Waals surface area contributed by atoms with Crippen LogP contribution in [0.1, 0.15) is 17.3 Å². The summed E-state index contributed by atoms with van der Waals surface area (Å²) in [4.78, 5) is 11.6. The molecule has 15 heavy (non-hydrogen) atoms. The lowest BCUT2D eigenvalue weighted by Gasteiger charge is -2.11. The summed E-state index contributed by atoms with van der Waals surface area (Å²) >= 11 is 2.99. The highest BCUT2D eigenvalue weighted by atomic mass is 79.9. The van der Waals surface area contributed by atoms with Gasteiger partial charge in [-0.25, -0.2) is 4.39 Å². The van der Waals surface area contributed by atoms with Gasteiger partial charge in [-0.3, -0.25) is 4.79 Å². The summed E-state index contributed by atoms with van der Waals surface area (Å²) < 4.78 is 13.2. The number of hydrogen-bond donors (Lipinski definition) is 2. The standard InChI is InChI=1S/C10H11BrFNO2/c1-6(5-14)13-10(15)7-3-2-4-8(12)9(7)11/h2-4,6,14H,5H2,1H3,(H,13,15)/t6-/m1/s1. The van der Waals surface area contributed by atoms with E-state index in [9.17, 15) is 9.18 Å². The number of rotatable bonds is 3. The fraction of sp³-hybridized carbons (Fsp3) is 0.300. The van der Waals surface area contributed by atoms with Crippen LogP contribution in [0, 0.1) is 5.82 Å². The van der Waals surface area contributed by atoms with Crippen molar-refractivity contribution in [2.45, 2.75) is 13.0 Å². The van der Waals surface area contributed by atoms with Gasteiger partial charge in [-0.2, -0.15) is 0 Å². The van der Waals surface area contributed by atoms with Crippen molar-refractivity contribution in [3.8, 4) is 0 Å². The molecule has 5 heteroatoms. The predicted octanol–water partition coefficient (Wildman–Crippen LogP) is 1.70. The number of halogens is 2. The summed E-state index contributed by atoms with van der Waals surface area (Å²) in [6.45, 7) is 1.50. The minimum atomic E-state index is -0.487. The number of amides is 1. The first-order valence-electron chi connectivity index (χ1n) is 4.42. The van der Waals surface area contributed by atoms with Crippen LogP contribution < -0.4 is 5.32 Å². The molecule has 1 aromatic carbocycles. The van der Waals surface area contributed by atoms with Crippen molar-refractivity contribution < 1.29 is 14.3 Å². The van der Waals surface area contributed by atoms with Crippen molar-refractivity contribution in [1.82, 2.24) is 5.32 Å². The van der Waals surface area contributed by atoms with Gasteiger partial charge in [0.2, 0.25) is 0 Å². The van der Waals surface area contributed by atoms with Gasteiger partial charge in [-0.05, 0) is 35.0 Å². The normalized spacial score (nSPS) is 12.3. The Morgan fingerprint density at radius 2 is 2.33 bits per heavy atom. The lowest BCUT2D eigenvalue weighted by molar-refractivity contribution is 0.0921. The number of carbonyl (C=O) groups excluding carboxylic acids is 1. The van der Waals surface area contributed by atoms with Gasteiger partial charge in [0.25, 0.3) is 5.91 Å². The highest BCUT2D eigenvalue weighted by Crippen LogP contribution is 2.20. The zero-order valence-electron chi connectivity index (χ0n) is 8.13. The van der Waals surface area contributed by atoms with Gasteiger partial charge >= 0.3 is 0 Å². The van der Waals surface area contributed by atoms with Crippen LogP contribution in [0.5, 0.6) is 0 Å². The van der Waals surface area contributed by atoms with Gasteiger partial charge < -0.3 is 10.4 Å². The molecule has 2 N–H and O–H groups in total. The van der Waals surface area contributed by atoms with Crippen molar-refractivity contribution in [3.05, 3.63) is 34.1 Å². The Morgan fingerprint density at radius 3 is 2.93 bits per heavy atom. The molecule has 82 valence electrons. The molecule has 1 atom stereocenters. The third-order valence-electron chi connectivity index (χ3n) is 1.85. The maximum absolute atomic E-state index is 13.1. The van der Waals surface area contributed by atoms with Crippen molar-refractivity contribution >= 4 is 21.8 Å². The second-order valence-corrected chi connectivity index (χ2v) is 3.95. The Bertz CT molecular complexity index is 370. The lowest BCUT2D eigenvalue weighted by Crippen LogP contribution is -2.35. The van der Waals surface area contributed by atoms with Crippen LogP contribution >= 0.6 is 15.9 Å². The van der Waals surface area contributed by atoms with Crippen LogP contribution in [0.3, 0.4) is 0 Å². The van der Waals surface area contributed by atoms with Gasteiger partial charge in [0.05, 0.1) is 16.6 Å². The SMILES string of the molecule is C[C@H](CO)NC(=O)c1cccc(F)c1Br. The third-order valence-corrected chi connectivity index (χ3v) is 2.65. The van der Waals surface area contributed by atoms with Gasteiger partial charge in [0.1, 0.15) is 5.82 Å². The Labute approximate surface area is 95.4 Å². The Kier molecular flexibility index (Phi) is 4.23. The Morgan fingerprint density at radius 1 is 1.67 bits per heavy atom. The van der Waals surface area contributed by atoms with E-state index in [1.165, 1.54) is 18.2 Å². The van der Waals surface area contributed by atoms with E-state index in [2.05, 4.69) is 21.2 Å². The minimum Gasteiger partial charge on any atom is -0.394 e. The molecule has 0 aliphatic heterocycles. The highest BCUT2D eigenvalue weighted by molar-refractivity contribution is 9.10. The molecule has 3 nitrogen and oxygen atoms in total. The van der Waals surface area contributed by atoms with Crippen LogP contribution in [-0.2, 0) is 0 Å². The molecular weight excluding hydrogens is 265 g/mol. The zero-order chi connectivity index (χ0) is 11.4. The smallest absolute Gasteiger partial charge is 0.252 e. The van der Waals surface area contributed by atoms with Gasteiger partial charge in [-0.15, -0.1) is 0 Å². The van der Waals surface area contributed by atoms with Crippen LogP contribution in [0.15, 0.2) is 22.7 Å². The summed E-state index contributed by atoms with van der Waals surface area (Å²) in [7, 11) is 0. The fourth-order valence-corrected chi connectivity index (χ4v) is 1.47. The molecule has 1 amide bonds. The molecule has 0 aromatic heterocycles. The van der Waals surface area contributed by atoms with Gasteiger partial charge in [0.15, 0.2) is 0 Å². The molecule has 1 aromatic rings. The number of aliphatic hydroxyl groups is 1. The van der Waals surface area contributed by atoms with Crippen LogP contribution in [-0.4, -0.2) is 23.7 Å². The summed E-state index contributed by atoms with van der Waals surface area (Å²) in [6, 6.07) is 3.87. The van der Waals surface area contributed by atoms with Crippen LogP contribution in [0.25, 0.3) is 0 Å². The van der Waals surface area contributed by atoms with Gasteiger partial charge in [-0.1, -0.05) is 6.07 Å². The second-order valence-electron chi connectivity index (χ2n) is 3.16. The summed E-state index contributed by atoms with van der Waals surface area (Å²) in [6.07, 6.45) is 0. The van der Waals surface area contributed by atoms with Crippen molar-refractivity contribution in [3.63, 3.8) is 0 Å². The van der Waals surface area contributed by atoms with E-state index in [0.29, 0.717) is 0 Å². The number of hydrogen-bond acceptors (Lipinski definition) is 2. The van der Waals surface area contributed by atoms with E-state index in [1.807, 2.05) is 0 Å². The number of nitrogens with one attached hydrogen (secondary N) is 1. The molecule has 0 bridgehead atoms. The largest absolute Gasteiger partial charge is 0.394 e. The molecule has 0 heterocycles. The first-order chi connectivity index (χ1) is 7.06. The molecule has 0 saturated carbocycles. The van der Waals surface area contributed by atoms with Crippen molar-refractivity contribution in [1.29, 1.82) is 0 Å². The minimum absolute atomic E-state index is 0.132. The number of benzene rings is 1. The first-order valence-corrected chi connectivity index (χ1v) is 5.21. The van der Waals surface area contributed by atoms with E-state index >= 15 is 0 Å². The second kappa shape index (κ2) is 5.23. The third kappa shape index (κ3) is 3.00. The summed E-state index contributed by atoms with van der Waals surface area (Å²) in [5, 5.41) is 11.3. The number of carbonyl (C=O) groups is 1. The average molecular weight is 276 g/mol. The van der Waals surface area contributed by atoms with Crippen LogP contribution in [0.4, 0.5) is 4.39 Å². The molecule has 0 radical (unpaired) electrons. The van der Waals surface area contributed by atoms with Crippen molar-refractivity contribution in [2.75, 3.05) is 6.61 Å². The maximum Gasteiger partial charge on any atom is 0.252 e. The molecule has 0 saturated heterocycles. The van der Waals surface area contributed by atoms with E-state index in [4.69, 9.17) is 5.11 Å². The van der Waals surface area contributed by atoms with Crippen LogP contribution in [0.2, 0.25) is 0 Å². The van der Waals surface area contributed by atoms with E-state index in [0.717, 1.165) is 0 Å². The monoisotopic (exact) mass is 275 g/mol. The quantitative estimate of drug-likeness (QED) is 0.882. The Hall–Kier alpha value is -0.940. The molecule has 0 spiro atoms. The highest BCUT2D eigenvalue weighted by Gasteiger charge is 2.14. The van der Waals surface area contributed by atoms with E-state index in [1.54, 1.807) is 6.92 Å². The molecule has 0 fully saturated rings. The summed E-state index contributed by atoms with van der Waals surface area (Å²) in [5.74, 6) is -0.901. The van der Waals surface area contributed by atoms with E-state index in [-0.39, 0.29) is 22.7 Å². The summed E-state index contributed by atoms with van der Waals surface area (Å²) in [5.41, 5.74) is 0.218. The fourth-order valence-electron chi connectivity index (χ4n) is 1.03.